The van der Waals surface area contributed by atoms with Crippen LogP contribution in [0.15, 0.2) is 53.9 Å². The molecule has 176 valence electrons. The molecule has 35 heavy (non-hydrogen) atoms. The Bertz CT molecular complexity index is 1190. The highest BCUT2D eigenvalue weighted by Crippen LogP contribution is 2.23. The SMILES string of the molecule is [C-]#[N+]C(=Cc1ccc(N(CC)CCN(CCCC)c2ccc(C=C(C#N)C#N)cc2)cc1C)[N+]#[C-]. The van der Waals surface area contributed by atoms with Crippen LogP contribution in [0.1, 0.15) is 43.4 Å². The number of allylic oxidation sites excluding steroid dienone is 1. The highest BCUT2D eigenvalue weighted by atomic mass is 15.2. The standard InChI is InChI=1S/C29H30N6/c1-6-8-15-35(27-12-9-24(10-13-27)19-25(21-30)22-31)17-16-34(7-2)28-14-11-26(23(3)18-28)20-29(32-4)33-5/h9-14,18-20H,6-8,15-17H2,1-3H3. The predicted molar refractivity (Wildman–Crippen MR) is 143 cm³/mol. The van der Waals surface area contributed by atoms with Crippen LogP contribution in [0.25, 0.3) is 21.8 Å². The molecule has 0 atom stereocenters. The van der Waals surface area contributed by atoms with Gasteiger partial charge in [0.2, 0.25) is 0 Å². The number of likely N-dealkylation sites (N-methyl/N-ethyl adjacent to an activating group) is 1. The minimum Gasteiger partial charge on any atom is -0.370 e. The summed E-state index contributed by atoms with van der Waals surface area (Å²) in [6, 6.07) is 17.9. The average Bonchev–Trinajstić information content (AvgIpc) is 2.89. The summed E-state index contributed by atoms with van der Waals surface area (Å²) in [5.74, 6) is 0.0674. The summed E-state index contributed by atoms with van der Waals surface area (Å²) in [5, 5.41) is 18.0. The van der Waals surface area contributed by atoms with E-state index in [4.69, 9.17) is 23.7 Å². The van der Waals surface area contributed by atoms with Gasteiger partial charge in [0.15, 0.2) is 0 Å². The lowest BCUT2D eigenvalue weighted by Gasteiger charge is -2.30. The maximum atomic E-state index is 8.98. The van der Waals surface area contributed by atoms with E-state index in [2.05, 4.69) is 39.4 Å². The molecule has 0 aliphatic carbocycles. The molecule has 0 fully saturated rings. The van der Waals surface area contributed by atoms with Gasteiger partial charge >= 0.3 is 5.82 Å². The van der Waals surface area contributed by atoms with Crippen molar-refractivity contribution in [2.75, 3.05) is 36.0 Å². The number of benzene rings is 2. The zero-order valence-corrected chi connectivity index (χ0v) is 20.6. The van der Waals surface area contributed by atoms with Crippen LogP contribution in [-0.4, -0.2) is 26.2 Å². The van der Waals surface area contributed by atoms with E-state index >= 15 is 0 Å². The lowest BCUT2D eigenvalue weighted by Crippen LogP contribution is -2.36. The third kappa shape index (κ3) is 7.78. The molecule has 2 aromatic rings. The molecule has 2 aromatic carbocycles. The van der Waals surface area contributed by atoms with Gasteiger partial charge in [0.05, 0.1) is 0 Å². The number of aryl methyl sites for hydroxylation is 1. The Morgan fingerprint density at radius 2 is 1.51 bits per heavy atom. The Balaban J connectivity index is 2.19. The topological polar surface area (TPSA) is 62.8 Å². The van der Waals surface area contributed by atoms with Gasteiger partial charge in [-0.15, -0.1) is 0 Å². The second-order valence-corrected chi connectivity index (χ2v) is 8.06. The first-order valence-corrected chi connectivity index (χ1v) is 11.7. The molecular weight excluding hydrogens is 432 g/mol. The first kappa shape index (κ1) is 26.7. The Morgan fingerprint density at radius 3 is 2.06 bits per heavy atom. The van der Waals surface area contributed by atoms with Gasteiger partial charge in [0.1, 0.15) is 30.9 Å². The molecule has 0 saturated carbocycles. The first-order valence-electron chi connectivity index (χ1n) is 11.7. The number of nitriles is 2. The molecule has 0 unspecified atom stereocenters. The van der Waals surface area contributed by atoms with Crippen LogP contribution >= 0.6 is 0 Å². The summed E-state index contributed by atoms with van der Waals surface area (Å²) >= 11 is 0. The van der Waals surface area contributed by atoms with Crippen molar-refractivity contribution in [3.63, 3.8) is 0 Å². The third-order valence-corrected chi connectivity index (χ3v) is 5.75. The van der Waals surface area contributed by atoms with Gasteiger partial charge in [-0.2, -0.15) is 20.2 Å². The molecule has 0 amide bonds. The van der Waals surface area contributed by atoms with Gasteiger partial charge in [-0.3, -0.25) is 0 Å². The minimum absolute atomic E-state index is 0.0674. The highest BCUT2D eigenvalue weighted by molar-refractivity contribution is 5.65. The summed E-state index contributed by atoms with van der Waals surface area (Å²) in [4.78, 5) is 11.2. The van der Waals surface area contributed by atoms with E-state index in [1.807, 2.05) is 55.5 Å². The van der Waals surface area contributed by atoms with Crippen LogP contribution in [0.4, 0.5) is 11.4 Å². The molecule has 0 aliphatic heterocycles. The smallest absolute Gasteiger partial charge is 0.370 e. The summed E-state index contributed by atoms with van der Waals surface area (Å²) < 4.78 is 0. The van der Waals surface area contributed by atoms with Gasteiger partial charge in [-0.1, -0.05) is 31.5 Å². The molecule has 0 saturated heterocycles. The molecule has 0 N–H and O–H groups in total. The number of hydrogen-bond acceptors (Lipinski definition) is 4. The minimum atomic E-state index is 0.0674. The lowest BCUT2D eigenvalue weighted by molar-refractivity contribution is 0.694. The Hall–Kier alpha value is -4.52. The van der Waals surface area contributed by atoms with Crippen molar-refractivity contribution in [3.05, 3.63) is 93.4 Å². The second-order valence-electron chi connectivity index (χ2n) is 8.06. The zero-order valence-electron chi connectivity index (χ0n) is 20.6. The van der Waals surface area contributed by atoms with Crippen LogP contribution in [0, 0.1) is 42.7 Å². The number of unbranched alkanes of at least 4 members (excludes halogenated alkanes) is 1. The summed E-state index contributed by atoms with van der Waals surface area (Å²) in [6.45, 7) is 24.0. The van der Waals surface area contributed by atoms with Crippen LogP contribution in [0.3, 0.4) is 0 Å². The van der Waals surface area contributed by atoms with Gasteiger partial charge in [0, 0.05) is 43.6 Å². The van der Waals surface area contributed by atoms with Crippen molar-refractivity contribution in [1.29, 1.82) is 10.5 Å². The monoisotopic (exact) mass is 462 g/mol. The van der Waals surface area contributed by atoms with Crippen LogP contribution in [0.5, 0.6) is 0 Å². The van der Waals surface area contributed by atoms with Gasteiger partial charge in [-0.25, -0.2) is 0 Å². The average molecular weight is 463 g/mol. The van der Waals surface area contributed by atoms with E-state index in [0.717, 1.165) is 67.1 Å². The fourth-order valence-electron chi connectivity index (χ4n) is 3.71. The van der Waals surface area contributed by atoms with Crippen molar-refractivity contribution in [1.82, 2.24) is 0 Å². The highest BCUT2D eigenvalue weighted by Gasteiger charge is 2.12. The summed E-state index contributed by atoms with van der Waals surface area (Å²) in [7, 11) is 0. The molecule has 0 aliphatic rings. The number of nitrogens with zero attached hydrogens (tertiary/aromatic N) is 6. The maximum absolute atomic E-state index is 8.98. The summed E-state index contributed by atoms with van der Waals surface area (Å²) in [6.07, 6.45) is 5.43. The number of hydrogen-bond donors (Lipinski definition) is 0. The molecule has 0 spiro atoms. The zero-order chi connectivity index (χ0) is 25.6. The molecule has 0 radical (unpaired) electrons. The van der Waals surface area contributed by atoms with Crippen molar-refractivity contribution in [2.24, 2.45) is 0 Å². The van der Waals surface area contributed by atoms with E-state index < -0.39 is 0 Å². The number of rotatable bonds is 11. The molecule has 0 heterocycles. The quantitative estimate of drug-likeness (QED) is 0.275. The van der Waals surface area contributed by atoms with Gasteiger partial charge in [0.25, 0.3) is 0 Å². The van der Waals surface area contributed by atoms with E-state index in [0.29, 0.717) is 0 Å². The molecule has 0 bridgehead atoms. The normalized spacial score (nSPS) is 9.57. The van der Waals surface area contributed by atoms with E-state index in [-0.39, 0.29) is 11.4 Å². The van der Waals surface area contributed by atoms with Crippen molar-refractivity contribution in [2.45, 2.75) is 33.6 Å². The van der Waals surface area contributed by atoms with Crippen molar-refractivity contribution < 1.29 is 0 Å². The second kappa shape index (κ2) is 13.9. The van der Waals surface area contributed by atoms with Gasteiger partial charge in [-0.05, 0) is 67.3 Å². The van der Waals surface area contributed by atoms with Crippen LogP contribution < -0.4 is 9.80 Å². The van der Waals surface area contributed by atoms with Gasteiger partial charge < -0.3 is 9.80 Å². The summed E-state index contributed by atoms with van der Waals surface area (Å²) in [5.41, 5.74) is 5.08. The largest absolute Gasteiger partial charge is 0.519 e. The predicted octanol–water partition coefficient (Wildman–Crippen LogP) is 6.70. The van der Waals surface area contributed by atoms with E-state index in [1.54, 1.807) is 12.2 Å². The Morgan fingerprint density at radius 1 is 0.886 bits per heavy atom. The third-order valence-electron chi connectivity index (χ3n) is 5.75. The Labute approximate surface area is 209 Å². The van der Waals surface area contributed by atoms with E-state index in [1.165, 1.54) is 0 Å². The molecular formula is C29H30N6. The number of anilines is 2. The van der Waals surface area contributed by atoms with Crippen LogP contribution in [-0.2, 0) is 0 Å². The lowest BCUT2D eigenvalue weighted by atomic mass is 10.1. The fraction of sp³-hybridized carbons (Fsp3) is 0.310. The first-order chi connectivity index (χ1) is 17.0. The fourth-order valence-corrected chi connectivity index (χ4v) is 3.71. The van der Waals surface area contributed by atoms with Crippen molar-refractivity contribution >= 4 is 23.5 Å². The molecule has 2 rings (SSSR count). The van der Waals surface area contributed by atoms with E-state index in [9.17, 15) is 0 Å². The molecule has 6 heteroatoms. The molecule has 6 nitrogen and oxygen atoms in total. The van der Waals surface area contributed by atoms with Crippen LogP contribution in [0.2, 0.25) is 0 Å². The molecule has 0 aromatic heterocycles. The maximum Gasteiger partial charge on any atom is 0.519 e. The Kier molecular flexibility index (Phi) is 10.6. The van der Waals surface area contributed by atoms with Crippen molar-refractivity contribution in [3.8, 4) is 12.1 Å².